The zero-order chi connectivity index (χ0) is 14.2. The molecule has 0 spiro atoms. The summed E-state index contributed by atoms with van der Waals surface area (Å²) in [5.74, 6) is -2.21. The van der Waals surface area contributed by atoms with Crippen molar-refractivity contribution in [3.8, 4) is 0 Å². The number of hydrogen-bond acceptors (Lipinski definition) is 6. The lowest BCUT2D eigenvalue weighted by atomic mass is 10.1. The van der Waals surface area contributed by atoms with Gasteiger partial charge in [0.25, 0.3) is 5.56 Å². The van der Waals surface area contributed by atoms with E-state index in [-0.39, 0.29) is 0 Å². The second kappa shape index (κ2) is 4.60. The number of H-pyrrole nitrogens is 1. The molecule has 0 bridgehead atoms. The number of rotatable bonds is 2. The van der Waals surface area contributed by atoms with Crippen molar-refractivity contribution in [1.29, 1.82) is 0 Å². The Kier molecular flexibility index (Phi) is 3.25. The molecular weight excluding hydrogens is 258 g/mol. The molecule has 0 aliphatic carbocycles. The number of aromatic nitrogens is 2. The second-order valence-electron chi connectivity index (χ2n) is 4.02. The molecule has 1 fully saturated rings. The van der Waals surface area contributed by atoms with Crippen LogP contribution in [0.5, 0.6) is 0 Å². The predicted molar refractivity (Wildman–Crippen MR) is 59.9 cm³/mol. The number of nitrogens with zero attached hydrogens (tertiary/aromatic N) is 2. The Labute approximate surface area is 106 Å². The molecule has 0 unspecified atom stereocenters. The fourth-order valence-corrected chi connectivity index (χ4v) is 1.95. The van der Waals surface area contributed by atoms with Crippen molar-refractivity contribution >= 4 is 0 Å². The van der Waals surface area contributed by atoms with Gasteiger partial charge in [-0.1, -0.05) is 0 Å². The molecule has 0 aromatic carbocycles. The highest BCUT2D eigenvalue weighted by Gasteiger charge is 2.62. The first-order chi connectivity index (χ1) is 8.96. The van der Waals surface area contributed by atoms with Gasteiger partial charge in [-0.05, 0) is 0 Å². The van der Waals surface area contributed by atoms with Crippen molar-refractivity contribution in [3.05, 3.63) is 44.5 Å². The van der Waals surface area contributed by atoms with Crippen molar-refractivity contribution in [3.63, 3.8) is 0 Å². The highest BCUT2D eigenvalue weighted by molar-refractivity contribution is 5.05. The summed E-state index contributed by atoms with van der Waals surface area (Å²) in [6.45, 7) is 6.49. The first-order valence-corrected chi connectivity index (χ1v) is 5.32. The number of nitrogens with one attached hydrogen (secondary N) is 1. The van der Waals surface area contributed by atoms with E-state index in [9.17, 15) is 19.8 Å². The van der Waals surface area contributed by atoms with Crippen molar-refractivity contribution < 1.29 is 20.1 Å². The molecule has 2 heterocycles. The van der Waals surface area contributed by atoms with Crippen LogP contribution in [0.3, 0.4) is 0 Å². The third-order valence-electron chi connectivity index (χ3n) is 2.92. The Balaban J connectivity index is 2.59. The summed E-state index contributed by atoms with van der Waals surface area (Å²) in [5, 5.41) is 28.6. The van der Waals surface area contributed by atoms with E-state index in [4.69, 9.17) is 16.4 Å². The Morgan fingerprint density at radius 2 is 2.21 bits per heavy atom. The van der Waals surface area contributed by atoms with Gasteiger partial charge in [-0.25, -0.2) is 11.4 Å². The molecule has 1 saturated heterocycles. The van der Waals surface area contributed by atoms with Crippen LogP contribution in [-0.4, -0.2) is 49.8 Å². The van der Waals surface area contributed by atoms with Gasteiger partial charge in [0.05, 0.1) is 6.61 Å². The summed E-state index contributed by atoms with van der Waals surface area (Å²) in [7, 11) is 0. The van der Waals surface area contributed by atoms with E-state index in [1.807, 2.05) is 4.98 Å². The second-order valence-corrected chi connectivity index (χ2v) is 4.02. The first-order valence-electron chi connectivity index (χ1n) is 5.32. The third kappa shape index (κ3) is 1.87. The van der Waals surface area contributed by atoms with Gasteiger partial charge in [-0.15, -0.1) is 0 Å². The number of aliphatic hydroxyl groups is 3. The molecule has 1 aliphatic rings. The summed E-state index contributed by atoms with van der Waals surface area (Å²) in [6.07, 6.45) is -3.50. The third-order valence-corrected chi connectivity index (χ3v) is 2.92. The molecule has 1 aromatic heterocycles. The maximum Gasteiger partial charge on any atom is 0.460 e. The van der Waals surface area contributed by atoms with Crippen LogP contribution in [0, 0.1) is 6.57 Å². The zero-order valence-electron chi connectivity index (χ0n) is 9.55. The summed E-state index contributed by atoms with van der Waals surface area (Å²) in [6, 6.07) is 0.975. The minimum Gasteiger partial charge on any atom is -0.394 e. The van der Waals surface area contributed by atoms with Gasteiger partial charge in [-0.3, -0.25) is 19.4 Å². The maximum absolute atomic E-state index is 11.7. The standard InChI is InChI=1S/C10H11N3O6/c1-11-10(8(17)7(16)5(4-14)19-10)13-3-2-6(15)12-9(13)18/h2-3,5,7-8,14,16-17H,4H2,(H,12,15,18)/t5-,7-,8-,10+/m1/s1. The molecule has 2 rings (SSSR count). The number of aromatic amines is 1. The average molecular weight is 269 g/mol. The van der Waals surface area contributed by atoms with E-state index in [0.29, 0.717) is 4.57 Å². The lowest BCUT2D eigenvalue weighted by Gasteiger charge is -2.20. The summed E-state index contributed by atoms with van der Waals surface area (Å²) in [5.41, 5.74) is -1.64. The highest BCUT2D eigenvalue weighted by atomic mass is 16.6. The summed E-state index contributed by atoms with van der Waals surface area (Å²) in [4.78, 5) is 27.6. The molecule has 4 N–H and O–H groups in total. The van der Waals surface area contributed by atoms with E-state index in [2.05, 4.69) is 4.85 Å². The Morgan fingerprint density at radius 1 is 1.53 bits per heavy atom. The van der Waals surface area contributed by atoms with Gasteiger partial charge < -0.3 is 15.3 Å². The van der Waals surface area contributed by atoms with E-state index >= 15 is 0 Å². The van der Waals surface area contributed by atoms with Gasteiger partial charge in [0, 0.05) is 12.3 Å². The van der Waals surface area contributed by atoms with Crippen LogP contribution in [0.4, 0.5) is 0 Å². The molecule has 19 heavy (non-hydrogen) atoms. The summed E-state index contributed by atoms with van der Waals surface area (Å²) < 4.78 is 5.79. The topological polar surface area (TPSA) is 129 Å². The minimum atomic E-state index is -2.21. The van der Waals surface area contributed by atoms with Gasteiger partial charge in [-0.2, -0.15) is 4.57 Å². The number of hydrogen-bond donors (Lipinski definition) is 4. The first kappa shape index (κ1) is 13.4. The molecule has 0 amide bonds. The van der Waals surface area contributed by atoms with Crippen LogP contribution < -0.4 is 11.2 Å². The van der Waals surface area contributed by atoms with E-state index < -0.39 is 42.0 Å². The molecule has 102 valence electrons. The number of aliphatic hydroxyl groups excluding tert-OH is 3. The van der Waals surface area contributed by atoms with Crippen molar-refractivity contribution in [2.24, 2.45) is 0 Å². The van der Waals surface area contributed by atoms with Gasteiger partial charge in [0.1, 0.15) is 12.2 Å². The largest absolute Gasteiger partial charge is 0.460 e. The normalized spacial score (nSPS) is 34.1. The summed E-state index contributed by atoms with van der Waals surface area (Å²) >= 11 is 0. The van der Waals surface area contributed by atoms with Gasteiger partial charge >= 0.3 is 11.5 Å². The Hall–Kier alpha value is -1.99. The molecule has 9 heteroatoms. The van der Waals surface area contributed by atoms with Crippen LogP contribution in [0.25, 0.3) is 4.85 Å². The maximum atomic E-state index is 11.7. The van der Waals surface area contributed by atoms with Crippen LogP contribution in [-0.2, 0) is 10.6 Å². The minimum absolute atomic E-state index is 0.631. The molecule has 4 atom stereocenters. The van der Waals surface area contributed by atoms with Crippen LogP contribution in [0.1, 0.15) is 0 Å². The molecule has 0 radical (unpaired) electrons. The van der Waals surface area contributed by atoms with Crippen molar-refractivity contribution in [2.75, 3.05) is 6.61 Å². The molecule has 9 nitrogen and oxygen atoms in total. The van der Waals surface area contributed by atoms with E-state index in [1.54, 1.807) is 0 Å². The highest BCUT2D eigenvalue weighted by Crippen LogP contribution is 2.35. The Morgan fingerprint density at radius 3 is 2.68 bits per heavy atom. The molecule has 1 aromatic rings. The van der Waals surface area contributed by atoms with E-state index in [1.165, 1.54) is 0 Å². The van der Waals surface area contributed by atoms with Gasteiger partial charge in [0.2, 0.25) is 6.10 Å². The molecular formula is C10H11N3O6. The monoisotopic (exact) mass is 269 g/mol. The lowest BCUT2D eigenvalue weighted by molar-refractivity contribution is -0.117. The quantitative estimate of drug-likeness (QED) is 0.429. The van der Waals surface area contributed by atoms with Crippen LogP contribution in [0.2, 0.25) is 0 Å². The van der Waals surface area contributed by atoms with Crippen LogP contribution >= 0.6 is 0 Å². The lowest BCUT2D eigenvalue weighted by Crippen LogP contribution is -2.49. The van der Waals surface area contributed by atoms with Crippen LogP contribution in [0.15, 0.2) is 21.9 Å². The SMILES string of the molecule is [C-]#[N+][C@@]1(n2ccc(=O)[nH]c2=O)O[C@H](CO)[C@@H](O)[C@H]1O. The van der Waals surface area contributed by atoms with E-state index in [0.717, 1.165) is 12.3 Å². The molecule has 1 aliphatic heterocycles. The smallest absolute Gasteiger partial charge is 0.394 e. The Bertz CT molecular complexity index is 631. The molecule has 0 saturated carbocycles. The fraction of sp³-hybridized carbons (Fsp3) is 0.500. The predicted octanol–water partition coefficient (Wildman–Crippen LogP) is -2.82. The number of ether oxygens (including phenoxy) is 1. The van der Waals surface area contributed by atoms with Crippen molar-refractivity contribution in [2.45, 2.75) is 24.2 Å². The zero-order valence-corrected chi connectivity index (χ0v) is 9.55. The van der Waals surface area contributed by atoms with Gasteiger partial charge in [0.15, 0.2) is 0 Å². The van der Waals surface area contributed by atoms with Crippen molar-refractivity contribution in [1.82, 2.24) is 9.55 Å². The average Bonchev–Trinajstić information content (AvgIpc) is 2.64. The fourth-order valence-electron chi connectivity index (χ4n) is 1.95.